The average molecular weight is 403 g/mol. The Hall–Kier alpha value is -2.90. The summed E-state index contributed by atoms with van der Waals surface area (Å²) < 4.78 is 43.3. The molecule has 0 aliphatic heterocycles. The second kappa shape index (κ2) is 10.0. The third-order valence-corrected chi connectivity index (χ3v) is 4.34. The van der Waals surface area contributed by atoms with Crippen LogP contribution in [-0.4, -0.2) is 36.4 Å². The fourth-order valence-corrected chi connectivity index (χ4v) is 2.91. The minimum Gasteiger partial charge on any atom is -0.497 e. The third-order valence-electron chi connectivity index (χ3n) is 4.34. The molecule has 0 amide bonds. The van der Waals surface area contributed by atoms with Crippen molar-refractivity contribution < 1.29 is 27.8 Å². The number of aliphatic hydroxyl groups excluding tert-OH is 1. The van der Waals surface area contributed by atoms with Crippen molar-refractivity contribution >= 4 is 0 Å². The highest BCUT2D eigenvalue weighted by molar-refractivity contribution is 5.31. The van der Waals surface area contributed by atoms with Crippen LogP contribution in [0.2, 0.25) is 0 Å². The van der Waals surface area contributed by atoms with Gasteiger partial charge in [-0.25, -0.2) is 8.78 Å². The molecule has 0 aliphatic rings. The molecular weight excluding hydrogens is 380 g/mol. The first-order valence-corrected chi connectivity index (χ1v) is 9.17. The number of rotatable bonds is 10. The zero-order chi connectivity index (χ0) is 20.6. The summed E-state index contributed by atoms with van der Waals surface area (Å²) in [5.41, 5.74) is 0.334. The van der Waals surface area contributed by atoms with Gasteiger partial charge in [0, 0.05) is 24.7 Å². The number of halogens is 2. The number of hydrogen-bond acceptors (Lipinski definition) is 5. The lowest BCUT2D eigenvalue weighted by molar-refractivity contribution is 0.0600. The molecule has 1 atom stereocenters. The fourth-order valence-electron chi connectivity index (χ4n) is 2.91. The van der Waals surface area contributed by atoms with Crippen LogP contribution >= 0.6 is 0 Å². The summed E-state index contributed by atoms with van der Waals surface area (Å²) in [6.45, 7) is 0.830. The minimum atomic E-state index is -0.824. The van der Waals surface area contributed by atoms with Crippen LogP contribution in [0.15, 0.2) is 65.3 Å². The molecule has 0 saturated carbocycles. The summed E-state index contributed by atoms with van der Waals surface area (Å²) >= 11 is 0. The maximum atomic E-state index is 14.1. The first-order valence-electron chi connectivity index (χ1n) is 9.17. The summed E-state index contributed by atoms with van der Waals surface area (Å²) in [5.74, 6) is 0.738. The van der Waals surface area contributed by atoms with E-state index in [1.807, 2.05) is 4.90 Å². The van der Waals surface area contributed by atoms with E-state index in [1.165, 1.54) is 12.1 Å². The Bertz CT molecular complexity index is 884. The lowest BCUT2D eigenvalue weighted by Gasteiger charge is -2.24. The quantitative estimate of drug-likeness (QED) is 0.554. The fraction of sp³-hybridized carbons (Fsp3) is 0.273. The third kappa shape index (κ3) is 6.30. The molecule has 1 aromatic heterocycles. The van der Waals surface area contributed by atoms with E-state index in [4.69, 9.17) is 13.9 Å². The van der Waals surface area contributed by atoms with Crippen molar-refractivity contribution in [3.63, 3.8) is 0 Å². The van der Waals surface area contributed by atoms with Gasteiger partial charge in [0.2, 0.25) is 0 Å². The Morgan fingerprint density at radius 1 is 1.03 bits per heavy atom. The zero-order valence-corrected chi connectivity index (χ0v) is 16.1. The van der Waals surface area contributed by atoms with Crippen LogP contribution < -0.4 is 9.47 Å². The molecule has 0 saturated heterocycles. The van der Waals surface area contributed by atoms with Gasteiger partial charge in [0.1, 0.15) is 41.6 Å². The van der Waals surface area contributed by atoms with E-state index in [2.05, 4.69) is 0 Å². The SMILES string of the molecule is COc1ccc(OC[C@@H](O)CN(Cc2ccco2)Cc2ccc(F)cc2F)cc1. The van der Waals surface area contributed by atoms with E-state index in [1.54, 1.807) is 49.8 Å². The first-order chi connectivity index (χ1) is 14.0. The first kappa shape index (κ1) is 20.8. The summed E-state index contributed by atoms with van der Waals surface area (Å²) in [5, 5.41) is 10.4. The lowest BCUT2D eigenvalue weighted by Crippen LogP contribution is -2.35. The average Bonchev–Trinajstić information content (AvgIpc) is 3.22. The molecule has 0 spiro atoms. The van der Waals surface area contributed by atoms with E-state index in [9.17, 15) is 13.9 Å². The molecule has 0 radical (unpaired) electrons. The summed E-state index contributed by atoms with van der Waals surface area (Å²) in [6, 6.07) is 14.1. The van der Waals surface area contributed by atoms with E-state index >= 15 is 0 Å². The van der Waals surface area contributed by atoms with Gasteiger partial charge in [-0.15, -0.1) is 0 Å². The predicted octanol–water partition coefficient (Wildman–Crippen LogP) is 4.01. The van der Waals surface area contributed by atoms with Gasteiger partial charge >= 0.3 is 0 Å². The normalized spacial score (nSPS) is 12.2. The zero-order valence-electron chi connectivity index (χ0n) is 16.1. The van der Waals surface area contributed by atoms with Gasteiger partial charge in [-0.3, -0.25) is 4.90 Å². The van der Waals surface area contributed by atoms with Crippen molar-refractivity contribution in [2.75, 3.05) is 20.3 Å². The number of hydrogen-bond donors (Lipinski definition) is 1. The Morgan fingerprint density at radius 3 is 2.45 bits per heavy atom. The number of methoxy groups -OCH3 is 1. The molecule has 3 rings (SSSR count). The van der Waals surface area contributed by atoms with Crippen LogP contribution in [0.5, 0.6) is 11.5 Å². The van der Waals surface area contributed by atoms with Crippen LogP contribution in [0.25, 0.3) is 0 Å². The molecule has 29 heavy (non-hydrogen) atoms. The Balaban J connectivity index is 1.61. The molecule has 0 aliphatic carbocycles. The lowest BCUT2D eigenvalue weighted by atomic mass is 10.1. The summed E-state index contributed by atoms with van der Waals surface area (Å²) in [6.07, 6.45) is 0.727. The maximum Gasteiger partial charge on any atom is 0.130 e. The van der Waals surface area contributed by atoms with Crippen molar-refractivity contribution in [1.29, 1.82) is 0 Å². The molecular formula is C22H23F2NO4. The number of furan rings is 1. The monoisotopic (exact) mass is 403 g/mol. The van der Waals surface area contributed by atoms with Crippen molar-refractivity contribution in [3.05, 3.63) is 83.8 Å². The largest absolute Gasteiger partial charge is 0.497 e. The number of benzene rings is 2. The predicted molar refractivity (Wildman–Crippen MR) is 104 cm³/mol. The van der Waals surface area contributed by atoms with Crippen LogP contribution in [0.4, 0.5) is 8.78 Å². The molecule has 1 heterocycles. The Labute approximate surface area is 168 Å². The van der Waals surface area contributed by atoms with Gasteiger partial charge in [-0.2, -0.15) is 0 Å². The van der Waals surface area contributed by atoms with Crippen LogP contribution in [0.3, 0.4) is 0 Å². The highest BCUT2D eigenvalue weighted by atomic mass is 19.1. The number of aliphatic hydroxyl groups is 1. The second-order valence-corrected chi connectivity index (χ2v) is 6.63. The van der Waals surface area contributed by atoms with Crippen LogP contribution in [0.1, 0.15) is 11.3 Å². The molecule has 2 aromatic carbocycles. The van der Waals surface area contributed by atoms with Gasteiger partial charge in [0.25, 0.3) is 0 Å². The van der Waals surface area contributed by atoms with Crippen molar-refractivity contribution in [1.82, 2.24) is 4.90 Å². The van der Waals surface area contributed by atoms with Crippen molar-refractivity contribution in [2.45, 2.75) is 19.2 Å². The molecule has 7 heteroatoms. The molecule has 0 bridgehead atoms. The topological polar surface area (TPSA) is 55.1 Å². The van der Waals surface area contributed by atoms with Gasteiger partial charge in [-0.05, 0) is 42.5 Å². The van der Waals surface area contributed by atoms with Crippen molar-refractivity contribution in [3.8, 4) is 11.5 Å². The molecule has 154 valence electrons. The van der Waals surface area contributed by atoms with Crippen molar-refractivity contribution in [2.24, 2.45) is 0 Å². The Kier molecular flexibility index (Phi) is 7.21. The molecule has 5 nitrogen and oxygen atoms in total. The molecule has 0 unspecified atom stereocenters. The van der Waals surface area contributed by atoms with Crippen LogP contribution in [0, 0.1) is 11.6 Å². The molecule has 3 aromatic rings. The molecule has 0 fully saturated rings. The molecule has 1 N–H and O–H groups in total. The van der Waals surface area contributed by atoms with E-state index in [0.717, 1.165) is 6.07 Å². The van der Waals surface area contributed by atoms with Crippen LogP contribution in [-0.2, 0) is 13.1 Å². The Morgan fingerprint density at radius 2 is 1.79 bits per heavy atom. The van der Waals surface area contributed by atoms with E-state index in [-0.39, 0.29) is 19.7 Å². The van der Waals surface area contributed by atoms with Gasteiger partial charge in [0.15, 0.2) is 0 Å². The second-order valence-electron chi connectivity index (χ2n) is 6.63. The highest BCUT2D eigenvalue weighted by Gasteiger charge is 2.17. The minimum absolute atomic E-state index is 0.0624. The standard InChI is InChI=1S/C22H23F2NO4/c1-27-19-6-8-20(9-7-19)29-15-18(26)13-25(14-21-3-2-10-28-21)12-16-4-5-17(23)11-22(16)24/h2-11,18,26H,12-15H2,1H3/t18-/m0/s1. The number of nitrogens with zero attached hydrogens (tertiary/aromatic N) is 1. The van der Waals surface area contributed by atoms with E-state index in [0.29, 0.717) is 29.4 Å². The maximum absolute atomic E-state index is 14.1. The summed E-state index contributed by atoms with van der Waals surface area (Å²) in [4.78, 5) is 1.82. The summed E-state index contributed by atoms with van der Waals surface area (Å²) in [7, 11) is 1.58. The highest BCUT2D eigenvalue weighted by Crippen LogP contribution is 2.18. The van der Waals surface area contributed by atoms with Gasteiger partial charge in [0.05, 0.1) is 19.9 Å². The smallest absolute Gasteiger partial charge is 0.130 e. The van der Waals surface area contributed by atoms with Gasteiger partial charge in [-0.1, -0.05) is 6.07 Å². The van der Waals surface area contributed by atoms with Gasteiger partial charge < -0.3 is 19.0 Å². The number of ether oxygens (including phenoxy) is 2. The van der Waals surface area contributed by atoms with E-state index < -0.39 is 17.7 Å².